The summed E-state index contributed by atoms with van der Waals surface area (Å²) >= 11 is 0. The van der Waals surface area contributed by atoms with Gasteiger partial charge in [-0.2, -0.15) is 0 Å². The molecular formula is C11H20. The molecule has 0 aliphatic rings. The van der Waals surface area contributed by atoms with Crippen LogP contribution in [0.1, 0.15) is 46.5 Å². The molecule has 0 fully saturated rings. The van der Waals surface area contributed by atoms with Crippen molar-refractivity contribution in [1.29, 1.82) is 0 Å². The maximum Gasteiger partial charge on any atom is -0.0345 e. The van der Waals surface area contributed by atoms with E-state index in [2.05, 4.69) is 33.4 Å². The Hall–Kier alpha value is -0.520. The third kappa shape index (κ3) is 5.90. The highest BCUT2D eigenvalue weighted by atomic mass is 13.9. The second-order valence-corrected chi connectivity index (χ2v) is 3.16. The summed E-state index contributed by atoms with van der Waals surface area (Å²) in [4.78, 5) is 0. The zero-order valence-corrected chi connectivity index (χ0v) is 8.11. The highest BCUT2D eigenvalue weighted by Crippen LogP contribution is 2.08. The van der Waals surface area contributed by atoms with Gasteiger partial charge in [0.25, 0.3) is 0 Å². The topological polar surface area (TPSA) is 0 Å². The molecule has 0 amide bonds. The maximum atomic E-state index is 3.89. The van der Waals surface area contributed by atoms with Gasteiger partial charge in [0, 0.05) is 0 Å². The molecular weight excluding hydrogens is 132 g/mol. The van der Waals surface area contributed by atoms with Crippen molar-refractivity contribution in [2.45, 2.75) is 46.5 Å². The van der Waals surface area contributed by atoms with Crippen LogP contribution in [-0.2, 0) is 0 Å². The fraction of sp³-hybridized carbons (Fsp3) is 0.636. The highest BCUT2D eigenvalue weighted by molar-refractivity contribution is 5.23. The average molecular weight is 152 g/mol. The van der Waals surface area contributed by atoms with Crippen LogP contribution in [0, 0.1) is 0 Å². The Balaban J connectivity index is 3.48. The van der Waals surface area contributed by atoms with Gasteiger partial charge < -0.3 is 0 Å². The Morgan fingerprint density at radius 3 is 2.36 bits per heavy atom. The zero-order chi connectivity index (χ0) is 8.69. The van der Waals surface area contributed by atoms with Gasteiger partial charge in [0.1, 0.15) is 0 Å². The molecule has 0 N–H and O–H groups in total. The lowest BCUT2D eigenvalue weighted by atomic mass is 10.1. The molecule has 0 nitrogen and oxygen atoms in total. The zero-order valence-electron chi connectivity index (χ0n) is 8.11. The quantitative estimate of drug-likeness (QED) is 0.411. The van der Waals surface area contributed by atoms with E-state index in [0.717, 1.165) is 0 Å². The molecule has 64 valence electrons. The van der Waals surface area contributed by atoms with Gasteiger partial charge >= 0.3 is 0 Å². The van der Waals surface area contributed by atoms with Gasteiger partial charge in [-0.3, -0.25) is 0 Å². The van der Waals surface area contributed by atoms with E-state index in [1.54, 1.807) is 0 Å². The van der Waals surface area contributed by atoms with Crippen molar-refractivity contribution in [2.24, 2.45) is 0 Å². The van der Waals surface area contributed by atoms with Crippen molar-refractivity contribution >= 4 is 0 Å². The first-order valence-electron chi connectivity index (χ1n) is 4.51. The molecule has 0 heteroatoms. The van der Waals surface area contributed by atoms with E-state index in [9.17, 15) is 0 Å². The van der Waals surface area contributed by atoms with E-state index in [0.29, 0.717) is 0 Å². The lowest BCUT2D eigenvalue weighted by molar-refractivity contribution is 0.727. The molecule has 0 aliphatic carbocycles. The molecule has 0 rings (SSSR count). The van der Waals surface area contributed by atoms with Crippen LogP contribution in [0.3, 0.4) is 0 Å². The van der Waals surface area contributed by atoms with Crippen LogP contribution in [0.4, 0.5) is 0 Å². The van der Waals surface area contributed by atoms with Gasteiger partial charge in [-0.15, -0.1) is 0 Å². The van der Waals surface area contributed by atoms with E-state index in [1.165, 1.54) is 36.8 Å². The minimum Gasteiger partial charge on any atom is -0.0959 e. The Kier molecular flexibility index (Phi) is 5.91. The number of hydrogen-bond acceptors (Lipinski definition) is 0. The number of hydrogen-bond donors (Lipinski definition) is 0. The van der Waals surface area contributed by atoms with Gasteiger partial charge in [0.05, 0.1) is 0 Å². The minimum atomic E-state index is 1.20. The van der Waals surface area contributed by atoms with Crippen LogP contribution >= 0.6 is 0 Å². The van der Waals surface area contributed by atoms with Gasteiger partial charge in [-0.1, -0.05) is 43.6 Å². The van der Waals surface area contributed by atoms with Gasteiger partial charge in [0.2, 0.25) is 0 Å². The van der Waals surface area contributed by atoms with Gasteiger partial charge in [-0.05, 0) is 26.7 Å². The number of rotatable bonds is 5. The third-order valence-corrected chi connectivity index (χ3v) is 1.93. The van der Waals surface area contributed by atoms with E-state index >= 15 is 0 Å². The Bertz CT molecular complexity index is 140. The summed E-state index contributed by atoms with van der Waals surface area (Å²) in [6.45, 7) is 10.3. The molecule has 0 aromatic carbocycles. The smallest absolute Gasteiger partial charge is 0.0345 e. The normalized spacial score (nSPS) is 11.7. The molecule has 0 heterocycles. The minimum absolute atomic E-state index is 1.20. The maximum absolute atomic E-state index is 3.89. The Morgan fingerprint density at radius 1 is 1.27 bits per heavy atom. The summed E-state index contributed by atoms with van der Waals surface area (Å²) in [6.07, 6.45) is 7.48. The third-order valence-electron chi connectivity index (χ3n) is 1.93. The molecule has 0 saturated heterocycles. The van der Waals surface area contributed by atoms with Crippen LogP contribution in [0.15, 0.2) is 23.8 Å². The van der Waals surface area contributed by atoms with Crippen molar-refractivity contribution < 1.29 is 0 Å². The summed E-state index contributed by atoms with van der Waals surface area (Å²) in [5.74, 6) is 0. The first-order valence-corrected chi connectivity index (χ1v) is 4.51. The molecule has 0 aromatic rings. The van der Waals surface area contributed by atoms with Crippen molar-refractivity contribution in [3.8, 4) is 0 Å². The second kappa shape index (κ2) is 6.21. The predicted molar refractivity (Wildman–Crippen MR) is 52.7 cm³/mol. The fourth-order valence-electron chi connectivity index (χ4n) is 0.887. The number of allylic oxidation sites excluding steroid dienone is 3. The van der Waals surface area contributed by atoms with Crippen molar-refractivity contribution in [2.75, 3.05) is 0 Å². The van der Waals surface area contributed by atoms with Crippen molar-refractivity contribution in [3.63, 3.8) is 0 Å². The van der Waals surface area contributed by atoms with Crippen LogP contribution in [-0.4, -0.2) is 0 Å². The van der Waals surface area contributed by atoms with Crippen LogP contribution < -0.4 is 0 Å². The molecule has 0 unspecified atom stereocenters. The SMILES string of the molecule is C=C(C)/C(C)=C/CCCCC. The van der Waals surface area contributed by atoms with Crippen LogP contribution in [0.2, 0.25) is 0 Å². The number of unbranched alkanes of at least 4 members (excludes halogenated alkanes) is 3. The summed E-state index contributed by atoms with van der Waals surface area (Å²) in [5, 5.41) is 0. The summed E-state index contributed by atoms with van der Waals surface area (Å²) in [6, 6.07) is 0. The lowest BCUT2D eigenvalue weighted by Crippen LogP contribution is -1.77. The average Bonchev–Trinajstić information content (AvgIpc) is 1.97. The van der Waals surface area contributed by atoms with Crippen LogP contribution in [0.5, 0.6) is 0 Å². The first-order chi connectivity index (χ1) is 5.18. The van der Waals surface area contributed by atoms with E-state index in [1.807, 2.05) is 0 Å². The first kappa shape index (κ1) is 10.5. The molecule has 0 saturated carbocycles. The molecule has 0 aromatic heterocycles. The summed E-state index contributed by atoms with van der Waals surface area (Å²) < 4.78 is 0. The molecule has 11 heavy (non-hydrogen) atoms. The molecule has 0 spiro atoms. The molecule has 0 radical (unpaired) electrons. The van der Waals surface area contributed by atoms with Crippen molar-refractivity contribution in [1.82, 2.24) is 0 Å². The van der Waals surface area contributed by atoms with E-state index in [4.69, 9.17) is 0 Å². The van der Waals surface area contributed by atoms with E-state index in [-0.39, 0.29) is 0 Å². The van der Waals surface area contributed by atoms with E-state index < -0.39 is 0 Å². The van der Waals surface area contributed by atoms with Crippen molar-refractivity contribution in [3.05, 3.63) is 23.8 Å². The highest BCUT2D eigenvalue weighted by Gasteiger charge is 1.88. The van der Waals surface area contributed by atoms with Crippen LogP contribution in [0.25, 0.3) is 0 Å². The summed E-state index contributed by atoms with van der Waals surface area (Å²) in [7, 11) is 0. The second-order valence-electron chi connectivity index (χ2n) is 3.16. The molecule has 0 aliphatic heterocycles. The molecule has 0 atom stereocenters. The predicted octanol–water partition coefficient (Wildman–Crippen LogP) is 4.09. The lowest BCUT2D eigenvalue weighted by Gasteiger charge is -1.98. The molecule has 0 bridgehead atoms. The van der Waals surface area contributed by atoms with Gasteiger partial charge in [-0.25, -0.2) is 0 Å². The van der Waals surface area contributed by atoms with Gasteiger partial charge in [0.15, 0.2) is 0 Å². The summed E-state index contributed by atoms with van der Waals surface area (Å²) in [5.41, 5.74) is 2.54. The Morgan fingerprint density at radius 2 is 1.91 bits per heavy atom. The largest absolute Gasteiger partial charge is 0.0959 e. The fourth-order valence-corrected chi connectivity index (χ4v) is 0.887. The monoisotopic (exact) mass is 152 g/mol. The Labute approximate surface area is 71.0 Å². The standard InChI is InChI=1S/C11H20/c1-5-6-7-8-9-11(4)10(2)3/h9H,2,5-8H2,1,3-4H3/b11-9+.